The second kappa shape index (κ2) is 5.55. The van der Waals surface area contributed by atoms with Crippen molar-refractivity contribution in [2.75, 3.05) is 0 Å². The number of benzene rings is 2. The summed E-state index contributed by atoms with van der Waals surface area (Å²) in [4.78, 5) is 11.2. The van der Waals surface area contributed by atoms with Gasteiger partial charge in [-0.1, -0.05) is 6.07 Å². The Morgan fingerprint density at radius 1 is 1.32 bits per heavy atom. The lowest BCUT2D eigenvalue weighted by Gasteiger charge is -2.13. The molecule has 4 nitrogen and oxygen atoms in total. The van der Waals surface area contributed by atoms with Gasteiger partial charge in [0.25, 0.3) is 0 Å². The minimum Gasteiger partial charge on any atom is -0.454 e. The number of ketones is 1. The molecule has 3 rings (SSSR count). The maximum atomic E-state index is 14.0. The van der Waals surface area contributed by atoms with Gasteiger partial charge in [-0.2, -0.15) is 0 Å². The Morgan fingerprint density at radius 3 is 2.73 bits per heavy atom. The standard InChI is InChI=1S/C16H14BFO4/c1-9-14(5-4-12-8-21-17(20)16(9)12)22-15-6-3-11(10(2)19)7-13(15)18/h3-7,20H,8H2,1-2H3. The first-order valence-electron chi connectivity index (χ1n) is 6.87. The summed E-state index contributed by atoms with van der Waals surface area (Å²) in [5.41, 5.74) is 2.56. The number of halogens is 1. The Balaban J connectivity index is 1.94. The fourth-order valence-corrected chi connectivity index (χ4v) is 2.52. The van der Waals surface area contributed by atoms with E-state index in [1.165, 1.54) is 19.1 Å². The third-order valence-electron chi connectivity index (χ3n) is 3.76. The van der Waals surface area contributed by atoms with Gasteiger partial charge in [0, 0.05) is 5.56 Å². The van der Waals surface area contributed by atoms with Crippen molar-refractivity contribution >= 4 is 18.4 Å². The summed E-state index contributed by atoms with van der Waals surface area (Å²) in [7, 11) is -0.983. The molecule has 2 aromatic carbocycles. The zero-order chi connectivity index (χ0) is 15.9. The molecule has 22 heavy (non-hydrogen) atoms. The predicted molar refractivity (Wildman–Crippen MR) is 80.1 cm³/mol. The van der Waals surface area contributed by atoms with Crippen molar-refractivity contribution in [1.29, 1.82) is 0 Å². The fraction of sp³-hybridized carbons (Fsp3) is 0.188. The predicted octanol–water partition coefficient (Wildman–Crippen LogP) is 2.35. The second-order valence-corrected chi connectivity index (χ2v) is 5.23. The van der Waals surface area contributed by atoms with Crippen LogP contribution in [0.25, 0.3) is 0 Å². The third-order valence-corrected chi connectivity index (χ3v) is 3.76. The van der Waals surface area contributed by atoms with Gasteiger partial charge in [0.1, 0.15) is 5.75 Å². The van der Waals surface area contributed by atoms with Gasteiger partial charge in [-0.25, -0.2) is 4.39 Å². The van der Waals surface area contributed by atoms with Crippen LogP contribution < -0.4 is 10.2 Å². The van der Waals surface area contributed by atoms with Crippen molar-refractivity contribution in [1.82, 2.24) is 0 Å². The van der Waals surface area contributed by atoms with E-state index in [0.717, 1.165) is 11.6 Å². The van der Waals surface area contributed by atoms with Crippen LogP contribution in [0.15, 0.2) is 30.3 Å². The number of fused-ring (bicyclic) bond motifs is 1. The molecular formula is C16H14BFO4. The zero-order valence-corrected chi connectivity index (χ0v) is 12.2. The van der Waals surface area contributed by atoms with Crippen LogP contribution in [0.4, 0.5) is 4.39 Å². The number of hydrogen-bond acceptors (Lipinski definition) is 4. The third kappa shape index (κ3) is 2.51. The number of carbonyl (C=O) groups excluding carboxylic acids is 1. The Labute approximate surface area is 127 Å². The van der Waals surface area contributed by atoms with Crippen LogP contribution >= 0.6 is 0 Å². The summed E-state index contributed by atoms with van der Waals surface area (Å²) in [5, 5.41) is 9.82. The molecule has 0 spiro atoms. The lowest BCUT2D eigenvalue weighted by atomic mass is 9.76. The topological polar surface area (TPSA) is 55.8 Å². The number of ether oxygens (including phenoxy) is 1. The number of rotatable bonds is 3. The average Bonchev–Trinajstić information content (AvgIpc) is 2.85. The van der Waals surface area contributed by atoms with Crippen LogP contribution in [-0.4, -0.2) is 17.9 Å². The highest BCUT2D eigenvalue weighted by atomic mass is 19.1. The van der Waals surface area contributed by atoms with Crippen molar-refractivity contribution in [2.24, 2.45) is 0 Å². The van der Waals surface area contributed by atoms with E-state index in [4.69, 9.17) is 9.39 Å². The molecular weight excluding hydrogens is 286 g/mol. The zero-order valence-electron chi connectivity index (χ0n) is 12.2. The van der Waals surface area contributed by atoms with Crippen LogP contribution in [-0.2, 0) is 11.3 Å². The first-order valence-corrected chi connectivity index (χ1v) is 6.87. The molecule has 112 valence electrons. The molecule has 2 aromatic rings. The lowest BCUT2D eigenvalue weighted by Crippen LogP contribution is -2.30. The van der Waals surface area contributed by atoms with E-state index >= 15 is 0 Å². The number of hydrogen-bond donors (Lipinski definition) is 1. The largest absolute Gasteiger partial charge is 0.492 e. The van der Waals surface area contributed by atoms with Gasteiger partial charge in [-0.3, -0.25) is 4.79 Å². The SMILES string of the molecule is CC(=O)c1ccc(Oc2ccc3c(c2C)B(O)OC3)c(F)c1. The highest BCUT2D eigenvalue weighted by Crippen LogP contribution is 2.29. The highest BCUT2D eigenvalue weighted by molar-refractivity contribution is 6.62. The minimum atomic E-state index is -0.983. The smallest absolute Gasteiger partial charge is 0.454 e. The Bertz CT molecular complexity index is 760. The van der Waals surface area contributed by atoms with Crippen molar-refractivity contribution in [3.05, 3.63) is 52.8 Å². The van der Waals surface area contributed by atoms with Crippen molar-refractivity contribution in [3.63, 3.8) is 0 Å². The van der Waals surface area contributed by atoms with E-state index in [1.54, 1.807) is 19.1 Å². The van der Waals surface area contributed by atoms with E-state index in [-0.39, 0.29) is 11.5 Å². The van der Waals surface area contributed by atoms with Gasteiger partial charge in [0.15, 0.2) is 17.3 Å². The molecule has 1 aliphatic heterocycles. The quantitative estimate of drug-likeness (QED) is 0.698. The van der Waals surface area contributed by atoms with Crippen LogP contribution in [0.2, 0.25) is 0 Å². The van der Waals surface area contributed by atoms with Gasteiger partial charge < -0.3 is 14.4 Å². The molecule has 0 fully saturated rings. The van der Waals surface area contributed by atoms with Gasteiger partial charge in [0.2, 0.25) is 0 Å². The molecule has 1 aliphatic rings. The molecule has 6 heteroatoms. The van der Waals surface area contributed by atoms with E-state index in [1.807, 2.05) is 0 Å². The summed E-state index contributed by atoms with van der Waals surface area (Å²) in [6.45, 7) is 3.51. The van der Waals surface area contributed by atoms with E-state index in [2.05, 4.69) is 0 Å². The Morgan fingerprint density at radius 2 is 2.05 bits per heavy atom. The molecule has 1 heterocycles. The van der Waals surface area contributed by atoms with E-state index in [0.29, 0.717) is 28.9 Å². The van der Waals surface area contributed by atoms with Gasteiger partial charge >= 0.3 is 7.12 Å². The van der Waals surface area contributed by atoms with Crippen LogP contribution in [0.3, 0.4) is 0 Å². The summed E-state index contributed by atoms with van der Waals surface area (Å²) >= 11 is 0. The molecule has 0 saturated carbocycles. The summed E-state index contributed by atoms with van der Waals surface area (Å²) in [6.07, 6.45) is 0. The van der Waals surface area contributed by atoms with Gasteiger partial charge in [0.05, 0.1) is 6.61 Å². The summed E-state index contributed by atoms with van der Waals surface area (Å²) < 4.78 is 24.8. The van der Waals surface area contributed by atoms with Crippen LogP contribution in [0.5, 0.6) is 11.5 Å². The molecule has 0 unspecified atom stereocenters. The molecule has 0 saturated heterocycles. The van der Waals surface area contributed by atoms with Crippen molar-refractivity contribution in [2.45, 2.75) is 20.5 Å². The Kier molecular flexibility index (Phi) is 3.72. The first kappa shape index (κ1) is 14.7. The van der Waals surface area contributed by atoms with E-state index < -0.39 is 12.9 Å². The molecule has 0 bridgehead atoms. The van der Waals surface area contributed by atoms with Crippen LogP contribution in [0, 0.1) is 12.7 Å². The van der Waals surface area contributed by atoms with Gasteiger partial charge in [-0.15, -0.1) is 0 Å². The highest BCUT2D eigenvalue weighted by Gasteiger charge is 2.30. The second-order valence-electron chi connectivity index (χ2n) is 5.23. The summed E-state index contributed by atoms with van der Waals surface area (Å²) in [5.74, 6) is -0.344. The molecule has 1 N–H and O–H groups in total. The fourth-order valence-electron chi connectivity index (χ4n) is 2.52. The summed E-state index contributed by atoms with van der Waals surface area (Å²) in [6, 6.07) is 7.59. The molecule has 0 atom stereocenters. The monoisotopic (exact) mass is 300 g/mol. The van der Waals surface area contributed by atoms with E-state index in [9.17, 15) is 14.2 Å². The van der Waals surface area contributed by atoms with Crippen molar-refractivity contribution < 1.29 is 23.6 Å². The van der Waals surface area contributed by atoms with Crippen LogP contribution in [0.1, 0.15) is 28.4 Å². The Hall–Kier alpha value is -2.18. The lowest BCUT2D eigenvalue weighted by molar-refractivity contribution is 0.101. The molecule has 0 radical (unpaired) electrons. The average molecular weight is 300 g/mol. The molecule has 0 aromatic heterocycles. The molecule has 0 amide bonds. The maximum absolute atomic E-state index is 14.0. The number of Topliss-reactive ketones (excluding diaryl/α,β-unsaturated/α-hetero) is 1. The maximum Gasteiger partial charge on any atom is 0.492 e. The molecule has 0 aliphatic carbocycles. The van der Waals surface area contributed by atoms with Crippen molar-refractivity contribution in [3.8, 4) is 11.5 Å². The van der Waals surface area contributed by atoms with Gasteiger partial charge in [-0.05, 0) is 54.7 Å². The first-order chi connectivity index (χ1) is 10.5. The minimum absolute atomic E-state index is 0.0291. The normalized spacial score (nSPS) is 13.2. The number of carbonyl (C=O) groups is 1.